The van der Waals surface area contributed by atoms with E-state index in [-0.39, 0.29) is 11.7 Å². The summed E-state index contributed by atoms with van der Waals surface area (Å²) in [5, 5.41) is 4.09. The average Bonchev–Trinajstić information content (AvgIpc) is 3.10. The summed E-state index contributed by atoms with van der Waals surface area (Å²) < 4.78 is 34.5. The van der Waals surface area contributed by atoms with Gasteiger partial charge in [-0.3, -0.25) is 0 Å². The molecule has 1 saturated carbocycles. The monoisotopic (exact) mass is 314 g/mol. The molecule has 2 fully saturated rings. The second-order valence-electron chi connectivity index (χ2n) is 6.63. The summed E-state index contributed by atoms with van der Waals surface area (Å²) >= 11 is 0. The van der Waals surface area contributed by atoms with Gasteiger partial charge in [0, 0.05) is 7.11 Å². The molecule has 1 aromatic heterocycles. The van der Waals surface area contributed by atoms with Crippen LogP contribution < -0.4 is 0 Å². The number of methoxy groups -OCH3 is 1. The summed E-state index contributed by atoms with van der Waals surface area (Å²) in [6, 6.07) is 0. The Labute approximate surface area is 125 Å². The topological polar surface area (TPSA) is 82.3 Å². The Hall–Kier alpha value is -0.950. The lowest BCUT2D eigenvalue weighted by Crippen LogP contribution is -2.32. The Morgan fingerprint density at radius 3 is 2.48 bits per heavy atom. The van der Waals surface area contributed by atoms with Crippen LogP contribution in [0.5, 0.6) is 0 Å². The van der Waals surface area contributed by atoms with Crippen LogP contribution in [0.25, 0.3) is 0 Å². The van der Waals surface area contributed by atoms with Crippen LogP contribution in [0.15, 0.2) is 4.52 Å². The number of aromatic nitrogens is 2. The second kappa shape index (κ2) is 4.78. The number of sulfone groups is 1. The third kappa shape index (κ3) is 2.12. The van der Waals surface area contributed by atoms with Gasteiger partial charge < -0.3 is 9.26 Å². The van der Waals surface area contributed by atoms with Gasteiger partial charge in [-0.1, -0.05) is 5.16 Å². The van der Waals surface area contributed by atoms with E-state index in [0.29, 0.717) is 18.1 Å². The highest BCUT2D eigenvalue weighted by atomic mass is 32.2. The highest BCUT2D eigenvalue weighted by molar-refractivity contribution is 7.93. The number of hydrogen-bond donors (Lipinski definition) is 0. The summed E-state index contributed by atoms with van der Waals surface area (Å²) in [7, 11) is -1.44. The van der Waals surface area contributed by atoms with E-state index < -0.39 is 20.2 Å². The molecule has 0 aromatic carbocycles. The Balaban J connectivity index is 1.93. The van der Waals surface area contributed by atoms with Gasteiger partial charge >= 0.3 is 0 Å². The molecule has 6 nitrogen and oxygen atoms in total. The van der Waals surface area contributed by atoms with Crippen molar-refractivity contribution in [3.05, 3.63) is 11.7 Å². The van der Waals surface area contributed by atoms with Crippen molar-refractivity contribution >= 4 is 9.84 Å². The van der Waals surface area contributed by atoms with Crippen LogP contribution in [-0.2, 0) is 20.2 Å². The van der Waals surface area contributed by atoms with Crippen LogP contribution in [0.4, 0.5) is 0 Å². The van der Waals surface area contributed by atoms with Crippen LogP contribution >= 0.6 is 0 Å². The molecule has 0 bridgehead atoms. The summed E-state index contributed by atoms with van der Waals surface area (Å²) in [6.45, 7) is 3.48. The van der Waals surface area contributed by atoms with E-state index in [1.165, 1.54) is 0 Å². The van der Waals surface area contributed by atoms with Gasteiger partial charge in [0.25, 0.3) is 0 Å². The molecule has 21 heavy (non-hydrogen) atoms. The molecule has 7 heteroatoms. The van der Waals surface area contributed by atoms with Crippen LogP contribution in [0, 0.1) is 0 Å². The standard InChI is InChI=1S/C14H22N2O4S/c1-13(2)10(6-9-21(13,17)18)11-15-12(16-20-11)14(19-3)7-4-5-8-14/h10H,4-9H2,1-3H3. The van der Waals surface area contributed by atoms with Crippen LogP contribution in [0.2, 0.25) is 0 Å². The fourth-order valence-corrected chi connectivity index (χ4v) is 5.27. The van der Waals surface area contributed by atoms with Crippen molar-refractivity contribution in [1.29, 1.82) is 0 Å². The predicted octanol–water partition coefficient (Wildman–Crippen LogP) is 2.17. The van der Waals surface area contributed by atoms with E-state index in [1.54, 1.807) is 21.0 Å². The van der Waals surface area contributed by atoms with Gasteiger partial charge in [0.2, 0.25) is 11.7 Å². The van der Waals surface area contributed by atoms with Gasteiger partial charge in [-0.2, -0.15) is 4.98 Å². The zero-order valence-electron chi connectivity index (χ0n) is 12.8. The lowest BCUT2D eigenvalue weighted by Gasteiger charge is -2.23. The Kier molecular flexibility index (Phi) is 3.40. The van der Waals surface area contributed by atoms with Crippen molar-refractivity contribution in [2.45, 2.75) is 62.2 Å². The van der Waals surface area contributed by atoms with E-state index in [0.717, 1.165) is 25.7 Å². The predicted molar refractivity (Wildman–Crippen MR) is 76.7 cm³/mol. The minimum Gasteiger partial charge on any atom is -0.370 e. The van der Waals surface area contributed by atoms with Gasteiger partial charge in [0.1, 0.15) is 5.60 Å². The van der Waals surface area contributed by atoms with E-state index in [9.17, 15) is 8.42 Å². The third-order valence-corrected chi connectivity index (χ3v) is 7.93. The van der Waals surface area contributed by atoms with Crippen molar-refractivity contribution in [1.82, 2.24) is 10.1 Å². The van der Waals surface area contributed by atoms with Gasteiger partial charge in [-0.15, -0.1) is 0 Å². The van der Waals surface area contributed by atoms with Crippen molar-refractivity contribution in [3.63, 3.8) is 0 Å². The van der Waals surface area contributed by atoms with Crippen molar-refractivity contribution in [2.75, 3.05) is 12.9 Å². The van der Waals surface area contributed by atoms with Gasteiger partial charge in [-0.05, 0) is 46.0 Å². The first-order valence-electron chi connectivity index (χ1n) is 7.44. The molecule has 0 radical (unpaired) electrons. The average molecular weight is 314 g/mol. The maximum Gasteiger partial charge on any atom is 0.231 e. The largest absolute Gasteiger partial charge is 0.370 e. The highest BCUT2D eigenvalue weighted by Crippen LogP contribution is 2.45. The van der Waals surface area contributed by atoms with Crippen molar-refractivity contribution in [2.24, 2.45) is 0 Å². The molecular weight excluding hydrogens is 292 g/mol. The minimum absolute atomic E-state index is 0.178. The fraction of sp³-hybridized carbons (Fsp3) is 0.857. The summed E-state index contributed by atoms with van der Waals surface area (Å²) in [5.74, 6) is 0.939. The Morgan fingerprint density at radius 2 is 1.95 bits per heavy atom. The van der Waals surface area contributed by atoms with Gasteiger partial charge in [0.15, 0.2) is 9.84 Å². The molecule has 0 spiro atoms. The summed E-state index contributed by atoms with van der Waals surface area (Å²) in [5.41, 5.74) is -0.455. The first-order valence-corrected chi connectivity index (χ1v) is 9.09. The lowest BCUT2D eigenvalue weighted by molar-refractivity contribution is -0.0178. The highest BCUT2D eigenvalue weighted by Gasteiger charge is 2.51. The first kappa shape index (κ1) is 15.0. The van der Waals surface area contributed by atoms with Crippen LogP contribution in [0.1, 0.15) is 63.6 Å². The molecule has 0 amide bonds. The zero-order chi connectivity index (χ0) is 15.3. The number of ether oxygens (including phenoxy) is 1. The quantitative estimate of drug-likeness (QED) is 0.850. The molecule has 1 unspecified atom stereocenters. The molecular formula is C14H22N2O4S. The van der Waals surface area contributed by atoms with E-state index in [4.69, 9.17) is 9.26 Å². The van der Waals surface area contributed by atoms with E-state index >= 15 is 0 Å². The third-order valence-electron chi connectivity index (χ3n) is 5.27. The van der Waals surface area contributed by atoms with Gasteiger partial charge in [-0.25, -0.2) is 8.42 Å². The second-order valence-corrected chi connectivity index (χ2v) is 9.32. The molecule has 1 aromatic rings. The molecule has 118 valence electrons. The Morgan fingerprint density at radius 1 is 1.29 bits per heavy atom. The molecule has 0 N–H and O–H groups in total. The molecule has 2 heterocycles. The van der Waals surface area contributed by atoms with Crippen molar-refractivity contribution < 1.29 is 17.7 Å². The van der Waals surface area contributed by atoms with Crippen LogP contribution in [-0.4, -0.2) is 36.2 Å². The zero-order valence-corrected chi connectivity index (χ0v) is 13.6. The fourth-order valence-electron chi connectivity index (χ4n) is 3.55. The molecule has 3 rings (SSSR count). The van der Waals surface area contributed by atoms with E-state index in [1.807, 2.05) is 0 Å². The smallest absolute Gasteiger partial charge is 0.231 e. The molecule has 2 aliphatic rings. The molecule has 1 saturated heterocycles. The first-order chi connectivity index (χ1) is 9.82. The van der Waals surface area contributed by atoms with E-state index in [2.05, 4.69) is 10.1 Å². The number of nitrogens with zero attached hydrogens (tertiary/aromatic N) is 2. The maximum absolute atomic E-state index is 12.1. The van der Waals surface area contributed by atoms with Crippen molar-refractivity contribution in [3.8, 4) is 0 Å². The minimum atomic E-state index is -3.11. The van der Waals surface area contributed by atoms with Crippen LogP contribution in [0.3, 0.4) is 0 Å². The SMILES string of the molecule is COC1(c2noc(C3CCS(=O)(=O)C3(C)C)n2)CCCC1. The molecule has 1 atom stereocenters. The normalized spacial score (nSPS) is 29.8. The maximum atomic E-state index is 12.1. The Bertz CT molecular complexity index is 629. The number of hydrogen-bond acceptors (Lipinski definition) is 6. The number of rotatable bonds is 3. The lowest BCUT2D eigenvalue weighted by atomic mass is 9.92. The summed E-state index contributed by atoms with van der Waals surface area (Å²) in [4.78, 5) is 4.51. The van der Waals surface area contributed by atoms with Gasteiger partial charge in [0.05, 0.1) is 16.4 Å². The molecule has 1 aliphatic heterocycles. The summed E-state index contributed by atoms with van der Waals surface area (Å²) in [6.07, 6.45) is 4.47. The molecule has 1 aliphatic carbocycles.